The summed E-state index contributed by atoms with van der Waals surface area (Å²) >= 11 is 0. The minimum absolute atomic E-state index is 0.104. The first-order valence-corrected chi connectivity index (χ1v) is 10.5. The molecule has 162 valence electrons. The molecule has 0 atom stereocenters. The van der Waals surface area contributed by atoms with E-state index in [1.807, 2.05) is 49.4 Å². The first kappa shape index (κ1) is 23.4. The van der Waals surface area contributed by atoms with Crippen LogP contribution in [0.3, 0.4) is 0 Å². The Labute approximate surface area is 179 Å². The number of nitrogens with zero attached hydrogens (tertiary/aromatic N) is 1. The molecule has 0 saturated heterocycles. The summed E-state index contributed by atoms with van der Waals surface area (Å²) in [5.74, 6) is 0.472. The van der Waals surface area contributed by atoms with Crippen LogP contribution < -0.4 is 10.1 Å². The van der Waals surface area contributed by atoms with Crippen LogP contribution in [0.2, 0.25) is 0 Å². The molecule has 0 saturated carbocycles. The minimum atomic E-state index is -0.155. The van der Waals surface area contributed by atoms with Crippen molar-refractivity contribution in [1.29, 1.82) is 0 Å². The smallest absolute Gasteiger partial charge is 0.305 e. The molecule has 0 unspecified atom stereocenters. The van der Waals surface area contributed by atoms with Crippen molar-refractivity contribution in [3.05, 3.63) is 65.7 Å². The highest BCUT2D eigenvalue weighted by Gasteiger charge is 2.08. The van der Waals surface area contributed by atoms with Crippen LogP contribution in [0.1, 0.15) is 42.6 Å². The van der Waals surface area contributed by atoms with Crippen molar-refractivity contribution >= 4 is 11.9 Å². The van der Waals surface area contributed by atoms with Gasteiger partial charge in [0.25, 0.3) is 5.91 Å². The quantitative estimate of drug-likeness (QED) is 0.509. The summed E-state index contributed by atoms with van der Waals surface area (Å²) in [5, 5.41) is 2.95. The maximum atomic E-state index is 12.3. The number of hydrogen-bond donors (Lipinski definition) is 1. The number of nitrogens with one attached hydrogen (secondary N) is 1. The van der Waals surface area contributed by atoms with Crippen molar-refractivity contribution in [2.24, 2.45) is 0 Å². The van der Waals surface area contributed by atoms with Gasteiger partial charge in [0, 0.05) is 25.1 Å². The lowest BCUT2D eigenvalue weighted by atomic mass is 10.2. The zero-order valence-electron chi connectivity index (χ0n) is 17.9. The normalized spacial score (nSPS) is 10.6. The van der Waals surface area contributed by atoms with Gasteiger partial charge in [-0.05, 0) is 56.3 Å². The third-order valence-electron chi connectivity index (χ3n) is 4.69. The van der Waals surface area contributed by atoms with Crippen molar-refractivity contribution in [2.75, 3.05) is 32.8 Å². The zero-order valence-corrected chi connectivity index (χ0v) is 17.9. The standard InChI is InChI=1S/C24H32N2O4/c1-3-26(17-8-11-23(27)29-4-2)18-16-25-24(28)21-12-14-22(15-13-21)30-19-20-9-6-5-7-10-20/h5-7,9-10,12-15H,3-4,8,11,16-19H2,1-2H3,(H,25,28). The highest BCUT2D eigenvalue weighted by atomic mass is 16.5. The molecular weight excluding hydrogens is 380 g/mol. The minimum Gasteiger partial charge on any atom is -0.489 e. The lowest BCUT2D eigenvalue weighted by Gasteiger charge is -2.20. The molecule has 0 radical (unpaired) electrons. The van der Waals surface area contributed by atoms with Gasteiger partial charge in [0.05, 0.1) is 6.61 Å². The van der Waals surface area contributed by atoms with Crippen molar-refractivity contribution < 1.29 is 19.1 Å². The van der Waals surface area contributed by atoms with Crippen molar-refractivity contribution in [3.8, 4) is 5.75 Å². The number of hydrogen-bond acceptors (Lipinski definition) is 5. The van der Waals surface area contributed by atoms with Crippen molar-refractivity contribution in [2.45, 2.75) is 33.3 Å². The molecule has 0 aliphatic rings. The average Bonchev–Trinajstić information content (AvgIpc) is 2.77. The van der Waals surface area contributed by atoms with E-state index in [0.717, 1.165) is 37.4 Å². The first-order chi connectivity index (χ1) is 14.6. The van der Waals surface area contributed by atoms with Gasteiger partial charge in [-0.2, -0.15) is 0 Å². The number of carbonyl (C=O) groups is 2. The largest absolute Gasteiger partial charge is 0.489 e. The van der Waals surface area contributed by atoms with Crippen molar-refractivity contribution in [1.82, 2.24) is 10.2 Å². The molecular formula is C24H32N2O4. The number of benzene rings is 2. The van der Waals surface area contributed by atoms with Gasteiger partial charge in [0.2, 0.25) is 0 Å². The van der Waals surface area contributed by atoms with E-state index in [4.69, 9.17) is 9.47 Å². The maximum Gasteiger partial charge on any atom is 0.305 e. The lowest BCUT2D eigenvalue weighted by molar-refractivity contribution is -0.143. The third kappa shape index (κ3) is 8.66. The predicted molar refractivity (Wildman–Crippen MR) is 118 cm³/mol. The van der Waals surface area contributed by atoms with Crippen LogP contribution in [0, 0.1) is 0 Å². The van der Waals surface area contributed by atoms with Gasteiger partial charge < -0.3 is 19.7 Å². The monoisotopic (exact) mass is 412 g/mol. The predicted octanol–water partition coefficient (Wildman–Crippen LogP) is 3.66. The topological polar surface area (TPSA) is 67.9 Å². The maximum absolute atomic E-state index is 12.3. The van der Waals surface area contributed by atoms with E-state index in [1.165, 1.54) is 0 Å². The van der Waals surface area contributed by atoms with E-state index in [9.17, 15) is 9.59 Å². The van der Waals surface area contributed by atoms with Crippen LogP contribution in [0.5, 0.6) is 5.75 Å². The third-order valence-corrected chi connectivity index (χ3v) is 4.69. The number of ether oxygens (including phenoxy) is 2. The summed E-state index contributed by atoms with van der Waals surface area (Å²) < 4.78 is 10.7. The van der Waals surface area contributed by atoms with Gasteiger partial charge in [-0.25, -0.2) is 0 Å². The summed E-state index contributed by atoms with van der Waals surface area (Å²) in [4.78, 5) is 26.0. The lowest BCUT2D eigenvalue weighted by Crippen LogP contribution is -2.35. The fraction of sp³-hybridized carbons (Fsp3) is 0.417. The molecule has 2 rings (SSSR count). The molecule has 0 bridgehead atoms. The Bertz CT molecular complexity index is 763. The molecule has 0 aromatic heterocycles. The van der Waals surface area contributed by atoms with Crippen LogP contribution in [0.25, 0.3) is 0 Å². The Hall–Kier alpha value is -2.86. The van der Waals surface area contributed by atoms with E-state index in [1.54, 1.807) is 12.1 Å². The van der Waals surface area contributed by atoms with Gasteiger partial charge in [-0.15, -0.1) is 0 Å². The number of rotatable bonds is 13. The molecule has 6 nitrogen and oxygen atoms in total. The molecule has 1 N–H and O–H groups in total. The number of carbonyl (C=O) groups excluding carboxylic acids is 2. The molecule has 0 aliphatic carbocycles. The van der Waals surface area contributed by atoms with E-state index in [0.29, 0.717) is 31.7 Å². The molecule has 2 aromatic carbocycles. The molecule has 2 aromatic rings. The Morgan fingerprint density at radius 1 is 0.967 bits per heavy atom. The van der Waals surface area contributed by atoms with Crippen molar-refractivity contribution in [3.63, 3.8) is 0 Å². The van der Waals surface area contributed by atoms with E-state index < -0.39 is 0 Å². The van der Waals surface area contributed by atoms with Crippen LogP contribution in [-0.4, -0.2) is 49.6 Å². The Morgan fingerprint density at radius 2 is 1.70 bits per heavy atom. The fourth-order valence-electron chi connectivity index (χ4n) is 2.98. The SMILES string of the molecule is CCOC(=O)CCCN(CC)CCNC(=O)c1ccc(OCc2ccccc2)cc1. The molecule has 0 fully saturated rings. The summed E-state index contributed by atoms with van der Waals surface area (Å²) in [6.07, 6.45) is 1.18. The molecule has 1 amide bonds. The van der Waals surface area contributed by atoms with Crippen LogP contribution in [0.4, 0.5) is 0 Å². The van der Waals surface area contributed by atoms with E-state index in [-0.39, 0.29) is 11.9 Å². The second-order valence-corrected chi connectivity index (χ2v) is 6.90. The molecule has 30 heavy (non-hydrogen) atoms. The number of amides is 1. The number of esters is 1. The second-order valence-electron chi connectivity index (χ2n) is 6.90. The van der Waals surface area contributed by atoms with Crippen LogP contribution >= 0.6 is 0 Å². The van der Waals surface area contributed by atoms with Gasteiger partial charge in [-0.3, -0.25) is 9.59 Å². The van der Waals surface area contributed by atoms with E-state index in [2.05, 4.69) is 17.1 Å². The summed E-state index contributed by atoms with van der Waals surface area (Å²) in [6.45, 7) is 7.76. The molecule has 0 spiro atoms. The van der Waals surface area contributed by atoms with Gasteiger partial charge in [-0.1, -0.05) is 37.3 Å². The molecule has 6 heteroatoms. The molecule has 0 aliphatic heterocycles. The van der Waals surface area contributed by atoms with Gasteiger partial charge in [0.1, 0.15) is 12.4 Å². The Kier molecular flexibility index (Phi) is 10.4. The highest BCUT2D eigenvalue weighted by Crippen LogP contribution is 2.14. The highest BCUT2D eigenvalue weighted by molar-refractivity contribution is 5.94. The average molecular weight is 413 g/mol. The summed E-state index contributed by atoms with van der Waals surface area (Å²) in [6, 6.07) is 17.1. The zero-order chi connectivity index (χ0) is 21.6. The van der Waals surface area contributed by atoms with Gasteiger partial charge in [0.15, 0.2) is 0 Å². The summed E-state index contributed by atoms with van der Waals surface area (Å²) in [7, 11) is 0. The van der Waals surface area contributed by atoms with Crippen LogP contribution in [-0.2, 0) is 16.1 Å². The van der Waals surface area contributed by atoms with Crippen LogP contribution in [0.15, 0.2) is 54.6 Å². The Balaban J connectivity index is 1.69. The first-order valence-electron chi connectivity index (χ1n) is 10.5. The number of likely N-dealkylation sites (N-methyl/N-ethyl adjacent to an activating group) is 1. The van der Waals surface area contributed by atoms with Gasteiger partial charge >= 0.3 is 5.97 Å². The second kappa shape index (κ2) is 13.4. The van der Waals surface area contributed by atoms with E-state index >= 15 is 0 Å². The Morgan fingerprint density at radius 3 is 2.37 bits per heavy atom. The summed E-state index contributed by atoms with van der Waals surface area (Å²) in [5.41, 5.74) is 1.70. The molecule has 0 heterocycles. The fourth-order valence-corrected chi connectivity index (χ4v) is 2.98.